The van der Waals surface area contributed by atoms with Crippen LogP contribution in [0.3, 0.4) is 0 Å². The van der Waals surface area contributed by atoms with E-state index < -0.39 is 10.0 Å². The predicted octanol–water partition coefficient (Wildman–Crippen LogP) is 3.49. The second-order valence-electron chi connectivity index (χ2n) is 8.91. The minimum Gasteiger partial charge on any atom is -0.486 e. The molecular weight excluding hydrogens is 492 g/mol. The molecule has 1 aliphatic carbocycles. The summed E-state index contributed by atoms with van der Waals surface area (Å²) in [4.78, 5) is 17.2. The Morgan fingerprint density at radius 2 is 1.83 bits per heavy atom. The number of benzene rings is 1. The number of hydrogen-bond donors (Lipinski definition) is 1. The summed E-state index contributed by atoms with van der Waals surface area (Å²) in [7, 11) is -3.66. The molecule has 3 aliphatic rings. The summed E-state index contributed by atoms with van der Waals surface area (Å²) >= 11 is 1.15. The summed E-state index contributed by atoms with van der Waals surface area (Å²) < 4.78 is 44.5. The lowest BCUT2D eigenvalue weighted by atomic mass is 9.97. The number of thiophene rings is 1. The van der Waals surface area contributed by atoms with E-state index in [1.165, 1.54) is 4.31 Å². The fraction of sp³-hybridized carbons (Fsp3) is 0.435. The molecule has 3 aromatic rings. The van der Waals surface area contributed by atoms with E-state index in [0.29, 0.717) is 66.4 Å². The van der Waals surface area contributed by atoms with Crippen molar-refractivity contribution < 1.29 is 27.2 Å². The average Bonchev–Trinajstić information content (AvgIpc) is 3.38. The summed E-state index contributed by atoms with van der Waals surface area (Å²) in [6.07, 6.45) is 3.00. The van der Waals surface area contributed by atoms with Gasteiger partial charge in [0, 0.05) is 47.6 Å². The highest BCUT2D eigenvalue weighted by molar-refractivity contribution is 7.91. The smallest absolute Gasteiger partial charge is 0.252 e. The van der Waals surface area contributed by atoms with Crippen molar-refractivity contribution in [3.8, 4) is 22.9 Å². The maximum atomic E-state index is 13.2. The van der Waals surface area contributed by atoms with E-state index in [0.717, 1.165) is 24.2 Å². The number of carbonyl (C=O) groups is 1. The fourth-order valence-electron chi connectivity index (χ4n) is 4.27. The van der Waals surface area contributed by atoms with E-state index in [1.54, 1.807) is 29.6 Å². The number of piperidine rings is 1. The van der Waals surface area contributed by atoms with Crippen LogP contribution in [0.4, 0.5) is 5.69 Å². The molecule has 1 N–H and O–H groups in total. The molecule has 0 radical (unpaired) electrons. The normalized spacial score (nSPS) is 19.0. The molecule has 0 atom stereocenters. The molecule has 0 spiro atoms. The quantitative estimate of drug-likeness (QED) is 0.528. The number of nitrogens with zero attached hydrogens (tertiary/aromatic N) is 3. The van der Waals surface area contributed by atoms with Crippen LogP contribution in [0.2, 0.25) is 0 Å². The van der Waals surface area contributed by atoms with Crippen LogP contribution in [0.5, 0.6) is 11.5 Å². The highest BCUT2D eigenvalue weighted by Gasteiger charge is 2.34. The number of amides is 1. The molecule has 1 saturated carbocycles. The monoisotopic (exact) mass is 516 g/mol. The number of carbonyl (C=O) groups excluding carboxylic acids is 1. The number of nitrogens with one attached hydrogen (secondary N) is 1. The summed E-state index contributed by atoms with van der Waals surface area (Å²) in [6, 6.07) is 6.90. The molecule has 184 valence electrons. The Morgan fingerprint density at radius 1 is 1.06 bits per heavy atom. The Hall–Kier alpha value is -2.96. The summed E-state index contributed by atoms with van der Waals surface area (Å²) in [5.41, 5.74) is 1.27. The average molecular weight is 517 g/mol. The lowest BCUT2D eigenvalue weighted by molar-refractivity contribution is -0.120. The van der Waals surface area contributed by atoms with Crippen LogP contribution in [-0.4, -0.2) is 55.1 Å². The molecule has 1 aromatic carbocycles. The standard InChI is InChI=1S/C23H24N4O6S2/c28-22(24-17-3-4-18-19(12-17)32-10-9-31-18)14-5-7-27(8-6-14)35(29,30)20-11-16(13-34-20)21-25-23(33-26-21)15-1-2-15/h3-4,11-15H,1-2,5-10H2,(H,24,28). The lowest BCUT2D eigenvalue weighted by Gasteiger charge is -2.30. The third kappa shape index (κ3) is 4.53. The van der Waals surface area contributed by atoms with Gasteiger partial charge in [0.2, 0.25) is 17.6 Å². The molecule has 2 fully saturated rings. The van der Waals surface area contributed by atoms with Crippen molar-refractivity contribution in [2.24, 2.45) is 5.92 Å². The number of hydrogen-bond acceptors (Lipinski definition) is 9. The van der Waals surface area contributed by atoms with Gasteiger partial charge in [0.15, 0.2) is 11.5 Å². The van der Waals surface area contributed by atoms with Gasteiger partial charge in [-0.15, -0.1) is 11.3 Å². The van der Waals surface area contributed by atoms with E-state index in [9.17, 15) is 13.2 Å². The lowest BCUT2D eigenvalue weighted by Crippen LogP contribution is -2.41. The van der Waals surface area contributed by atoms with Crippen molar-refractivity contribution in [3.63, 3.8) is 0 Å². The first-order valence-corrected chi connectivity index (χ1v) is 13.9. The van der Waals surface area contributed by atoms with Gasteiger partial charge in [-0.1, -0.05) is 5.16 Å². The van der Waals surface area contributed by atoms with Crippen molar-refractivity contribution in [3.05, 3.63) is 35.5 Å². The number of sulfonamides is 1. The molecule has 10 nitrogen and oxygen atoms in total. The van der Waals surface area contributed by atoms with E-state index >= 15 is 0 Å². The second-order valence-corrected chi connectivity index (χ2v) is 12.0. The van der Waals surface area contributed by atoms with Crippen molar-refractivity contribution >= 4 is 33.0 Å². The number of anilines is 1. The van der Waals surface area contributed by atoms with Crippen molar-refractivity contribution in [2.75, 3.05) is 31.6 Å². The van der Waals surface area contributed by atoms with Gasteiger partial charge >= 0.3 is 0 Å². The maximum absolute atomic E-state index is 13.2. The van der Waals surface area contributed by atoms with Crippen molar-refractivity contribution in [1.29, 1.82) is 0 Å². The molecule has 35 heavy (non-hydrogen) atoms. The van der Waals surface area contributed by atoms with Crippen LogP contribution in [-0.2, 0) is 14.8 Å². The molecule has 2 aliphatic heterocycles. The first kappa shape index (κ1) is 22.5. The maximum Gasteiger partial charge on any atom is 0.252 e. The van der Waals surface area contributed by atoms with Crippen LogP contribution in [0.1, 0.15) is 37.5 Å². The Bertz CT molecular complexity index is 1360. The van der Waals surface area contributed by atoms with Gasteiger partial charge in [-0.3, -0.25) is 4.79 Å². The van der Waals surface area contributed by atoms with E-state index in [4.69, 9.17) is 14.0 Å². The van der Waals surface area contributed by atoms with Crippen molar-refractivity contribution in [2.45, 2.75) is 35.8 Å². The number of rotatable bonds is 6. The van der Waals surface area contributed by atoms with Gasteiger partial charge in [0.25, 0.3) is 10.0 Å². The molecule has 6 rings (SSSR count). The second kappa shape index (κ2) is 8.92. The number of ether oxygens (including phenoxy) is 2. The summed E-state index contributed by atoms with van der Waals surface area (Å²) in [6.45, 7) is 1.54. The van der Waals surface area contributed by atoms with Gasteiger partial charge in [-0.25, -0.2) is 8.42 Å². The minimum atomic E-state index is -3.66. The third-order valence-corrected chi connectivity index (χ3v) is 9.74. The zero-order valence-electron chi connectivity index (χ0n) is 18.8. The van der Waals surface area contributed by atoms with Crippen LogP contribution < -0.4 is 14.8 Å². The molecule has 12 heteroatoms. The molecule has 1 saturated heterocycles. The summed E-state index contributed by atoms with van der Waals surface area (Å²) in [5.74, 6) is 2.24. The van der Waals surface area contributed by atoms with Gasteiger partial charge in [0.05, 0.1) is 0 Å². The molecule has 0 bridgehead atoms. The van der Waals surface area contributed by atoms with Gasteiger partial charge in [0.1, 0.15) is 17.4 Å². The fourth-order valence-corrected chi connectivity index (χ4v) is 7.05. The Balaban J connectivity index is 1.07. The summed E-state index contributed by atoms with van der Waals surface area (Å²) in [5, 5.41) is 8.65. The molecule has 2 aromatic heterocycles. The topological polar surface area (TPSA) is 124 Å². The Labute approximate surface area is 206 Å². The number of aromatic nitrogens is 2. The van der Waals surface area contributed by atoms with E-state index in [2.05, 4.69) is 15.5 Å². The highest BCUT2D eigenvalue weighted by atomic mass is 32.2. The highest BCUT2D eigenvalue weighted by Crippen LogP contribution is 2.40. The van der Waals surface area contributed by atoms with Crippen LogP contribution in [0, 0.1) is 5.92 Å². The van der Waals surface area contributed by atoms with Crippen molar-refractivity contribution in [1.82, 2.24) is 14.4 Å². The van der Waals surface area contributed by atoms with Crippen LogP contribution in [0.15, 0.2) is 38.4 Å². The zero-order valence-corrected chi connectivity index (χ0v) is 20.4. The van der Waals surface area contributed by atoms with E-state index in [-0.39, 0.29) is 29.1 Å². The molecular formula is C23H24N4O6S2. The van der Waals surface area contributed by atoms with Crippen LogP contribution in [0.25, 0.3) is 11.4 Å². The van der Waals surface area contributed by atoms with Gasteiger partial charge < -0.3 is 19.3 Å². The Kier molecular flexibility index (Phi) is 5.73. The predicted molar refractivity (Wildman–Crippen MR) is 127 cm³/mol. The van der Waals surface area contributed by atoms with Crippen LogP contribution >= 0.6 is 11.3 Å². The van der Waals surface area contributed by atoms with E-state index in [1.807, 2.05) is 0 Å². The zero-order chi connectivity index (χ0) is 24.0. The largest absolute Gasteiger partial charge is 0.486 e. The first-order chi connectivity index (χ1) is 17.0. The van der Waals surface area contributed by atoms with Gasteiger partial charge in [-0.2, -0.15) is 9.29 Å². The SMILES string of the molecule is O=C(Nc1ccc2c(c1)OCCO2)C1CCN(S(=O)(=O)c2cc(-c3noc(C4CC4)n3)cs2)CC1. The molecule has 1 amide bonds. The Morgan fingerprint density at radius 3 is 2.60 bits per heavy atom. The minimum absolute atomic E-state index is 0.124. The third-order valence-electron chi connectivity index (χ3n) is 6.43. The number of fused-ring (bicyclic) bond motifs is 1. The molecule has 4 heterocycles. The molecule has 0 unspecified atom stereocenters. The van der Waals surface area contributed by atoms with Gasteiger partial charge in [-0.05, 0) is 43.9 Å². The first-order valence-electron chi connectivity index (χ1n) is 11.6.